The van der Waals surface area contributed by atoms with Gasteiger partial charge >= 0.3 is 11.9 Å². The average Bonchev–Trinajstić information content (AvgIpc) is 2.87. The van der Waals surface area contributed by atoms with E-state index < -0.39 is 11.9 Å². The van der Waals surface area contributed by atoms with E-state index in [0.717, 1.165) is 19.3 Å². The second-order valence-electron chi connectivity index (χ2n) is 10.6. The molecule has 0 saturated heterocycles. The van der Waals surface area contributed by atoms with Gasteiger partial charge in [0.1, 0.15) is 0 Å². The van der Waals surface area contributed by atoms with Crippen LogP contribution in [0.15, 0.2) is 24.3 Å². The molecule has 0 bridgehead atoms. The molecule has 0 unspecified atom stereocenters. The first kappa shape index (κ1) is 32.2. The molecule has 1 N–H and O–H groups in total. The van der Waals surface area contributed by atoms with E-state index in [1.165, 1.54) is 128 Å². The van der Waals surface area contributed by atoms with E-state index in [1.807, 2.05) is 6.92 Å². The van der Waals surface area contributed by atoms with Crippen molar-refractivity contribution in [1.82, 2.24) is 0 Å². The Balaban J connectivity index is 1.87. The Kier molecular flexibility index (Phi) is 20.0. The Morgan fingerprint density at radius 1 is 0.639 bits per heavy atom. The largest absolute Gasteiger partial charge is 0.478 e. The van der Waals surface area contributed by atoms with Crippen molar-refractivity contribution in [2.24, 2.45) is 0 Å². The minimum Gasteiger partial charge on any atom is -0.478 e. The van der Waals surface area contributed by atoms with E-state index in [-0.39, 0.29) is 17.2 Å². The summed E-state index contributed by atoms with van der Waals surface area (Å²) in [5.41, 5.74) is 0.119. The summed E-state index contributed by atoms with van der Waals surface area (Å²) in [5.74, 6) is -1.65. The van der Waals surface area contributed by atoms with E-state index >= 15 is 0 Å². The van der Waals surface area contributed by atoms with Crippen LogP contribution in [-0.4, -0.2) is 23.1 Å². The maximum absolute atomic E-state index is 12.3. The normalized spacial score (nSPS) is 11.9. The highest BCUT2D eigenvalue weighted by atomic mass is 16.5. The second-order valence-corrected chi connectivity index (χ2v) is 10.6. The van der Waals surface area contributed by atoms with Crippen LogP contribution in [0.3, 0.4) is 0 Å². The van der Waals surface area contributed by atoms with Gasteiger partial charge in [-0.1, -0.05) is 141 Å². The van der Waals surface area contributed by atoms with E-state index in [4.69, 9.17) is 4.74 Å². The average molecular weight is 503 g/mol. The monoisotopic (exact) mass is 502 g/mol. The Morgan fingerprint density at radius 2 is 1.00 bits per heavy atom. The third-order valence-corrected chi connectivity index (χ3v) is 7.15. The summed E-state index contributed by atoms with van der Waals surface area (Å²) in [5, 5.41) is 9.22. The van der Waals surface area contributed by atoms with Crippen molar-refractivity contribution >= 4 is 11.9 Å². The topological polar surface area (TPSA) is 63.6 Å². The lowest BCUT2D eigenvalue weighted by molar-refractivity contribution is 0.0313. The first-order valence-corrected chi connectivity index (χ1v) is 15.1. The number of rotatable bonds is 24. The van der Waals surface area contributed by atoms with Gasteiger partial charge in [-0.05, 0) is 31.9 Å². The van der Waals surface area contributed by atoms with Gasteiger partial charge in [0, 0.05) is 0 Å². The molecule has 36 heavy (non-hydrogen) atoms. The highest BCUT2D eigenvalue weighted by molar-refractivity contribution is 6.02. The fourth-order valence-electron chi connectivity index (χ4n) is 4.84. The third-order valence-electron chi connectivity index (χ3n) is 7.15. The molecule has 0 aliphatic carbocycles. The molecule has 0 spiro atoms. The quantitative estimate of drug-likeness (QED) is 0.113. The molecule has 0 aliphatic rings. The van der Waals surface area contributed by atoms with Gasteiger partial charge in [0.15, 0.2) is 0 Å². The van der Waals surface area contributed by atoms with Gasteiger partial charge in [-0.3, -0.25) is 0 Å². The van der Waals surface area contributed by atoms with Crippen LogP contribution < -0.4 is 0 Å². The van der Waals surface area contributed by atoms with E-state index in [0.29, 0.717) is 0 Å². The Morgan fingerprint density at radius 3 is 1.39 bits per heavy atom. The fraction of sp³-hybridized carbons (Fsp3) is 0.750. The summed E-state index contributed by atoms with van der Waals surface area (Å²) in [4.78, 5) is 23.6. The van der Waals surface area contributed by atoms with Crippen LogP contribution in [0.5, 0.6) is 0 Å². The van der Waals surface area contributed by atoms with Crippen LogP contribution in [-0.2, 0) is 4.74 Å². The number of ether oxygens (including phenoxy) is 1. The highest BCUT2D eigenvalue weighted by Crippen LogP contribution is 2.17. The molecule has 1 rings (SSSR count). The number of hydrogen-bond donors (Lipinski definition) is 1. The molecule has 0 aliphatic heterocycles. The zero-order valence-corrected chi connectivity index (χ0v) is 23.4. The summed E-state index contributed by atoms with van der Waals surface area (Å²) in [6, 6.07) is 6.22. The van der Waals surface area contributed by atoms with Crippen LogP contribution in [0.1, 0.15) is 169 Å². The van der Waals surface area contributed by atoms with Crippen molar-refractivity contribution in [2.75, 3.05) is 0 Å². The summed E-state index contributed by atoms with van der Waals surface area (Å²) in [6.45, 7) is 4.17. The van der Waals surface area contributed by atoms with Gasteiger partial charge < -0.3 is 9.84 Å². The minimum absolute atomic E-state index is 0.00602. The van der Waals surface area contributed by atoms with Crippen LogP contribution in [0.2, 0.25) is 0 Å². The summed E-state index contributed by atoms with van der Waals surface area (Å²) in [7, 11) is 0. The van der Waals surface area contributed by atoms with Crippen LogP contribution >= 0.6 is 0 Å². The molecule has 4 heteroatoms. The molecule has 0 heterocycles. The molecule has 1 atom stereocenters. The highest BCUT2D eigenvalue weighted by Gasteiger charge is 2.18. The van der Waals surface area contributed by atoms with Crippen molar-refractivity contribution < 1.29 is 19.4 Å². The molecular weight excluding hydrogens is 448 g/mol. The van der Waals surface area contributed by atoms with Gasteiger partial charge in [-0.2, -0.15) is 0 Å². The Labute approximate surface area is 221 Å². The Hall–Kier alpha value is -1.84. The van der Waals surface area contributed by atoms with Crippen molar-refractivity contribution in [1.29, 1.82) is 0 Å². The summed E-state index contributed by atoms with van der Waals surface area (Å²) >= 11 is 0. The first-order chi connectivity index (χ1) is 17.6. The Bertz CT molecular complexity index is 684. The van der Waals surface area contributed by atoms with Crippen molar-refractivity contribution in [3.63, 3.8) is 0 Å². The van der Waals surface area contributed by atoms with Crippen LogP contribution in [0.4, 0.5) is 0 Å². The zero-order chi connectivity index (χ0) is 26.3. The van der Waals surface area contributed by atoms with Crippen LogP contribution in [0, 0.1) is 0 Å². The molecule has 206 valence electrons. The number of benzene rings is 1. The number of aromatic carboxylic acids is 1. The fourth-order valence-corrected chi connectivity index (χ4v) is 4.84. The number of carbonyl (C=O) groups excluding carboxylic acids is 1. The maximum Gasteiger partial charge on any atom is 0.339 e. The second kappa shape index (κ2) is 22.4. The van der Waals surface area contributed by atoms with Crippen molar-refractivity contribution in [2.45, 2.75) is 155 Å². The molecule has 0 fully saturated rings. The number of carbonyl (C=O) groups is 2. The van der Waals surface area contributed by atoms with E-state index in [2.05, 4.69) is 6.92 Å². The number of hydrogen-bond acceptors (Lipinski definition) is 3. The van der Waals surface area contributed by atoms with Crippen molar-refractivity contribution in [3.05, 3.63) is 35.4 Å². The molecule has 1 aromatic carbocycles. The van der Waals surface area contributed by atoms with Gasteiger partial charge in [0.2, 0.25) is 0 Å². The van der Waals surface area contributed by atoms with Gasteiger partial charge in [0.25, 0.3) is 0 Å². The molecule has 0 aromatic heterocycles. The zero-order valence-electron chi connectivity index (χ0n) is 23.4. The molecule has 0 saturated carbocycles. The molecule has 0 amide bonds. The first-order valence-electron chi connectivity index (χ1n) is 15.1. The predicted octanol–water partition coefficient (Wildman–Crippen LogP) is 10.1. The number of esters is 1. The maximum atomic E-state index is 12.3. The standard InChI is InChI=1S/C32H54O4/c1-3-4-5-6-7-8-9-10-11-12-13-14-15-16-17-18-19-20-21-22-25-28(2)36-32(35)30-27-24-23-26-29(30)31(33)34/h23-24,26-28H,3-22,25H2,1-2H3,(H,33,34)/t28-/m0/s1. The predicted molar refractivity (Wildman–Crippen MR) is 151 cm³/mol. The molecule has 1 aromatic rings. The van der Waals surface area contributed by atoms with Crippen molar-refractivity contribution in [3.8, 4) is 0 Å². The van der Waals surface area contributed by atoms with Gasteiger partial charge in [-0.25, -0.2) is 9.59 Å². The number of carboxylic acid groups (broad SMARTS) is 1. The number of carboxylic acids is 1. The minimum atomic E-state index is -1.11. The lowest BCUT2D eigenvalue weighted by Crippen LogP contribution is -2.17. The van der Waals surface area contributed by atoms with Gasteiger partial charge in [-0.15, -0.1) is 0 Å². The molecule has 0 radical (unpaired) electrons. The smallest absolute Gasteiger partial charge is 0.339 e. The summed E-state index contributed by atoms with van der Waals surface area (Å²) < 4.78 is 5.47. The third kappa shape index (κ3) is 16.8. The van der Waals surface area contributed by atoms with Gasteiger partial charge in [0.05, 0.1) is 17.2 Å². The van der Waals surface area contributed by atoms with E-state index in [1.54, 1.807) is 12.1 Å². The summed E-state index contributed by atoms with van der Waals surface area (Å²) in [6.07, 6.45) is 27.9. The van der Waals surface area contributed by atoms with Crippen LogP contribution in [0.25, 0.3) is 0 Å². The molecular formula is C32H54O4. The molecule has 4 nitrogen and oxygen atoms in total. The van der Waals surface area contributed by atoms with E-state index in [9.17, 15) is 14.7 Å². The number of unbranched alkanes of at least 4 members (excludes halogenated alkanes) is 19. The lowest BCUT2D eigenvalue weighted by atomic mass is 10.0. The SMILES string of the molecule is CCCCCCCCCCCCCCCCCCCCCC[C@H](C)OC(=O)c1ccccc1C(=O)O. The lowest BCUT2D eigenvalue weighted by Gasteiger charge is -2.14.